The summed E-state index contributed by atoms with van der Waals surface area (Å²) in [6.45, 7) is 1.48. The molecule has 15 heavy (non-hydrogen) atoms. The predicted octanol–water partition coefficient (Wildman–Crippen LogP) is 2.53. The molecule has 0 aromatic heterocycles. The second kappa shape index (κ2) is 6.48. The van der Waals surface area contributed by atoms with Crippen molar-refractivity contribution in [1.82, 2.24) is 4.90 Å². The third-order valence-corrected chi connectivity index (χ3v) is 3.07. The average molecular weight is 293 g/mol. The van der Waals surface area contributed by atoms with Crippen molar-refractivity contribution in [3.05, 3.63) is 34.9 Å². The molecule has 1 unspecified atom stereocenters. The summed E-state index contributed by atoms with van der Waals surface area (Å²) in [7, 11) is 1.99. The first-order chi connectivity index (χ1) is 7.11. The Labute approximate surface area is 104 Å². The summed E-state index contributed by atoms with van der Waals surface area (Å²) in [5.41, 5.74) is 1.20. The van der Waals surface area contributed by atoms with Gasteiger partial charge >= 0.3 is 0 Å². The first-order valence-electron chi connectivity index (χ1n) is 4.79. The Morgan fingerprint density at radius 2 is 2.00 bits per heavy atom. The molecule has 1 N–H and O–H groups in total. The summed E-state index contributed by atoms with van der Waals surface area (Å²) in [6.07, 6.45) is -0.317. The van der Waals surface area contributed by atoms with Crippen molar-refractivity contribution in [3.63, 3.8) is 0 Å². The third kappa shape index (κ3) is 4.98. The van der Waals surface area contributed by atoms with Gasteiger partial charge in [0.1, 0.15) is 0 Å². The fourth-order valence-corrected chi connectivity index (χ4v) is 1.71. The first-order valence-corrected chi connectivity index (χ1v) is 6.28. The van der Waals surface area contributed by atoms with E-state index in [4.69, 9.17) is 11.6 Å². The summed E-state index contributed by atoms with van der Waals surface area (Å²) in [5, 5.41) is 10.8. The minimum absolute atomic E-state index is 0.317. The zero-order valence-corrected chi connectivity index (χ0v) is 11.0. The smallest absolute Gasteiger partial charge is 0.0763 e. The van der Waals surface area contributed by atoms with Gasteiger partial charge in [-0.05, 0) is 24.7 Å². The highest BCUT2D eigenvalue weighted by Crippen LogP contribution is 2.11. The molecule has 0 saturated carbocycles. The van der Waals surface area contributed by atoms with Gasteiger partial charge in [0.05, 0.1) is 6.10 Å². The molecule has 0 amide bonds. The third-order valence-electron chi connectivity index (χ3n) is 2.07. The average Bonchev–Trinajstić information content (AvgIpc) is 2.21. The highest BCUT2D eigenvalue weighted by atomic mass is 79.9. The SMILES string of the molecule is CN(Cc1ccc(Cl)cc1)CC(O)CBr. The van der Waals surface area contributed by atoms with E-state index in [1.807, 2.05) is 31.3 Å². The maximum Gasteiger partial charge on any atom is 0.0763 e. The topological polar surface area (TPSA) is 23.5 Å². The van der Waals surface area contributed by atoms with E-state index in [1.54, 1.807) is 0 Å². The van der Waals surface area contributed by atoms with Gasteiger partial charge in [-0.1, -0.05) is 39.7 Å². The van der Waals surface area contributed by atoms with Gasteiger partial charge in [0.2, 0.25) is 0 Å². The number of likely N-dealkylation sites (N-methyl/N-ethyl adjacent to an activating group) is 1. The van der Waals surface area contributed by atoms with Crippen LogP contribution in [-0.4, -0.2) is 35.0 Å². The van der Waals surface area contributed by atoms with Crippen LogP contribution in [-0.2, 0) is 6.54 Å². The van der Waals surface area contributed by atoms with Gasteiger partial charge in [0.25, 0.3) is 0 Å². The minimum Gasteiger partial charge on any atom is -0.391 e. The summed E-state index contributed by atoms with van der Waals surface area (Å²) >= 11 is 9.04. The summed E-state index contributed by atoms with van der Waals surface area (Å²) in [6, 6.07) is 7.76. The van der Waals surface area contributed by atoms with Crippen LogP contribution in [0.4, 0.5) is 0 Å². The molecule has 0 aliphatic carbocycles. The zero-order valence-electron chi connectivity index (χ0n) is 8.66. The van der Waals surface area contributed by atoms with Gasteiger partial charge in [-0.2, -0.15) is 0 Å². The summed E-state index contributed by atoms with van der Waals surface area (Å²) in [5.74, 6) is 0. The number of benzene rings is 1. The minimum atomic E-state index is -0.317. The molecule has 1 aromatic carbocycles. The number of alkyl halides is 1. The molecular weight excluding hydrogens is 277 g/mol. The highest BCUT2D eigenvalue weighted by Gasteiger charge is 2.06. The lowest BCUT2D eigenvalue weighted by atomic mass is 10.2. The Hall–Kier alpha value is -0.0900. The number of aliphatic hydroxyl groups is 1. The van der Waals surface area contributed by atoms with E-state index in [1.165, 1.54) is 5.56 Å². The molecule has 84 valence electrons. The van der Waals surface area contributed by atoms with Crippen LogP contribution in [0.25, 0.3) is 0 Å². The van der Waals surface area contributed by atoms with Crippen molar-refractivity contribution in [1.29, 1.82) is 0 Å². The van der Waals surface area contributed by atoms with Crippen molar-refractivity contribution in [2.75, 3.05) is 18.9 Å². The van der Waals surface area contributed by atoms with Crippen LogP contribution < -0.4 is 0 Å². The largest absolute Gasteiger partial charge is 0.391 e. The molecule has 2 nitrogen and oxygen atoms in total. The van der Waals surface area contributed by atoms with Crippen molar-refractivity contribution in [2.45, 2.75) is 12.6 Å². The van der Waals surface area contributed by atoms with Crippen molar-refractivity contribution in [3.8, 4) is 0 Å². The number of hydrogen-bond acceptors (Lipinski definition) is 2. The van der Waals surface area contributed by atoms with E-state index >= 15 is 0 Å². The van der Waals surface area contributed by atoms with Gasteiger partial charge in [0, 0.05) is 23.4 Å². The lowest BCUT2D eigenvalue weighted by Crippen LogP contribution is -2.29. The number of nitrogens with zero attached hydrogens (tertiary/aromatic N) is 1. The van der Waals surface area contributed by atoms with Crippen LogP contribution in [0.15, 0.2) is 24.3 Å². The second-order valence-electron chi connectivity index (χ2n) is 3.63. The number of hydrogen-bond donors (Lipinski definition) is 1. The second-order valence-corrected chi connectivity index (χ2v) is 4.72. The van der Waals surface area contributed by atoms with Crippen LogP contribution in [0, 0.1) is 0 Å². The maximum atomic E-state index is 9.44. The van der Waals surface area contributed by atoms with Crippen LogP contribution in [0.2, 0.25) is 5.02 Å². The van der Waals surface area contributed by atoms with Gasteiger partial charge in [-0.25, -0.2) is 0 Å². The van der Waals surface area contributed by atoms with E-state index in [-0.39, 0.29) is 6.10 Å². The molecular formula is C11H15BrClNO. The molecule has 0 aliphatic heterocycles. The van der Waals surface area contributed by atoms with Gasteiger partial charge in [-0.15, -0.1) is 0 Å². The Morgan fingerprint density at radius 3 is 2.53 bits per heavy atom. The van der Waals surface area contributed by atoms with Gasteiger partial charge in [0.15, 0.2) is 0 Å². The van der Waals surface area contributed by atoms with E-state index < -0.39 is 0 Å². The summed E-state index contributed by atoms with van der Waals surface area (Å²) in [4.78, 5) is 2.08. The maximum absolute atomic E-state index is 9.44. The van der Waals surface area contributed by atoms with Crippen LogP contribution in [0.3, 0.4) is 0 Å². The Morgan fingerprint density at radius 1 is 1.40 bits per heavy atom. The molecule has 0 heterocycles. The standard InChI is InChI=1S/C11H15BrClNO/c1-14(8-11(15)6-12)7-9-2-4-10(13)5-3-9/h2-5,11,15H,6-8H2,1H3. The molecule has 0 fully saturated rings. The Bertz CT molecular complexity index is 291. The van der Waals surface area contributed by atoms with E-state index in [0.29, 0.717) is 11.9 Å². The monoisotopic (exact) mass is 291 g/mol. The van der Waals surface area contributed by atoms with E-state index in [0.717, 1.165) is 11.6 Å². The van der Waals surface area contributed by atoms with E-state index in [2.05, 4.69) is 20.8 Å². The Balaban J connectivity index is 2.44. The van der Waals surface area contributed by atoms with Gasteiger partial charge < -0.3 is 5.11 Å². The molecule has 0 radical (unpaired) electrons. The molecule has 0 spiro atoms. The quantitative estimate of drug-likeness (QED) is 0.843. The molecule has 0 bridgehead atoms. The fraction of sp³-hybridized carbons (Fsp3) is 0.455. The normalized spacial score (nSPS) is 13.1. The highest BCUT2D eigenvalue weighted by molar-refractivity contribution is 9.09. The van der Waals surface area contributed by atoms with Crippen molar-refractivity contribution in [2.24, 2.45) is 0 Å². The molecule has 1 atom stereocenters. The van der Waals surface area contributed by atoms with Crippen LogP contribution >= 0.6 is 27.5 Å². The fourth-order valence-electron chi connectivity index (χ4n) is 1.37. The van der Waals surface area contributed by atoms with Crippen LogP contribution in [0.1, 0.15) is 5.56 Å². The number of aliphatic hydroxyl groups excluding tert-OH is 1. The van der Waals surface area contributed by atoms with Crippen molar-refractivity contribution >= 4 is 27.5 Å². The molecule has 0 saturated heterocycles. The molecule has 0 aliphatic rings. The summed E-state index contributed by atoms with van der Waals surface area (Å²) < 4.78 is 0. The predicted molar refractivity (Wildman–Crippen MR) is 67.6 cm³/mol. The molecule has 1 rings (SSSR count). The Kier molecular flexibility index (Phi) is 5.61. The van der Waals surface area contributed by atoms with Crippen molar-refractivity contribution < 1.29 is 5.11 Å². The molecule has 1 aromatic rings. The first kappa shape index (κ1) is 13.0. The molecule has 4 heteroatoms. The van der Waals surface area contributed by atoms with Gasteiger partial charge in [-0.3, -0.25) is 4.90 Å². The lowest BCUT2D eigenvalue weighted by molar-refractivity contribution is 0.143. The zero-order chi connectivity index (χ0) is 11.3. The van der Waals surface area contributed by atoms with E-state index in [9.17, 15) is 5.11 Å². The number of halogens is 2. The lowest BCUT2D eigenvalue weighted by Gasteiger charge is -2.19. The number of rotatable bonds is 5. The van der Waals surface area contributed by atoms with Crippen LogP contribution in [0.5, 0.6) is 0 Å².